The van der Waals surface area contributed by atoms with Crippen LogP contribution >= 0.6 is 0 Å². The van der Waals surface area contributed by atoms with Crippen LogP contribution in [0.1, 0.15) is 58.1 Å². The van der Waals surface area contributed by atoms with E-state index in [9.17, 15) is 0 Å². The molecule has 2 aliphatic rings. The lowest BCUT2D eigenvalue weighted by molar-refractivity contribution is 0.0864. The third-order valence-corrected chi connectivity index (χ3v) is 4.72. The molecule has 1 aromatic carbocycles. The molecule has 0 spiro atoms. The van der Waals surface area contributed by atoms with Gasteiger partial charge in [0, 0.05) is 11.6 Å². The van der Waals surface area contributed by atoms with Gasteiger partial charge in [0.25, 0.3) is 0 Å². The molecular weight excluding hydrogens is 234 g/mol. The Balaban J connectivity index is 1.76. The molecule has 1 aliphatic carbocycles. The Bertz CT molecular complexity index is 446. The molecule has 1 fully saturated rings. The van der Waals surface area contributed by atoms with Gasteiger partial charge >= 0.3 is 0 Å². The smallest absolute Gasteiger partial charge is 0.125 e. The minimum atomic E-state index is -0.146. The molecule has 1 heterocycles. The summed E-state index contributed by atoms with van der Waals surface area (Å²) < 4.78 is 6.11. The number of para-hydroxylation sites is 1. The fraction of sp³-hybridized carbons (Fsp3) is 0.647. The van der Waals surface area contributed by atoms with Crippen molar-refractivity contribution >= 4 is 0 Å². The lowest BCUT2D eigenvalue weighted by Gasteiger charge is -2.34. The van der Waals surface area contributed by atoms with Crippen molar-refractivity contribution in [1.29, 1.82) is 0 Å². The number of ether oxygens (including phenoxy) is 1. The molecule has 2 nitrogen and oxygen atoms in total. The number of benzene rings is 1. The standard InChI is InChI=1S/C17H25NO/c1-12-8-10-13(11-9-12)18-16-14-6-4-5-7-15(14)19-17(16,2)3/h4-7,12-13,16,18H,8-11H2,1-3H3. The molecule has 0 radical (unpaired) electrons. The highest BCUT2D eigenvalue weighted by Gasteiger charge is 2.41. The summed E-state index contributed by atoms with van der Waals surface area (Å²) >= 11 is 0. The van der Waals surface area contributed by atoms with Crippen LogP contribution in [0.4, 0.5) is 0 Å². The van der Waals surface area contributed by atoms with Crippen molar-refractivity contribution in [1.82, 2.24) is 5.32 Å². The number of hydrogen-bond acceptors (Lipinski definition) is 2. The molecule has 1 atom stereocenters. The maximum absolute atomic E-state index is 6.11. The van der Waals surface area contributed by atoms with E-state index in [4.69, 9.17) is 4.74 Å². The van der Waals surface area contributed by atoms with Crippen molar-refractivity contribution in [2.75, 3.05) is 0 Å². The molecule has 0 aromatic heterocycles. The highest BCUT2D eigenvalue weighted by molar-refractivity contribution is 5.42. The highest BCUT2D eigenvalue weighted by Crippen LogP contribution is 2.43. The average Bonchev–Trinajstić information content (AvgIpc) is 2.63. The van der Waals surface area contributed by atoms with E-state index < -0.39 is 0 Å². The first-order valence-corrected chi connectivity index (χ1v) is 7.60. The Morgan fingerprint density at radius 3 is 2.53 bits per heavy atom. The van der Waals surface area contributed by atoms with Crippen LogP contribution in [0.25, 0.3) is 0 Å². The van der Waals surface area contributed by atoms with Crippen molar-refractivity contribution in [2.24, 2.45) is 5.92 Å². The summed E-state index contributed by atoms with van der Waals surface area (Å²) in [6.45, 7) is 6.75. The van der Waals surface area contributed by atoms with Crippen molar-refractivity contribution in [3.8, 4) is 5.75 Å². The molecule has 1 aliphatic heterocycles. The van der Waals surface area contributed by atoms with Gasteiger partial charge in [0.1, 0.15) is 11.4 Å². The Morgan fingerprint density at radius 2 is 1.79 bits per heavy atom. The van der Waals surface area contributed by atoms with Gasteiger partial charge in [0.05, 0.1) is 6.04 Å². The predicted molar refractivity (Wildman–Crippen MR) is 78.4 cm³/mol. The summed E-state index contributed by atoms with van der Waals surface area (Å²) in [7, 11) is 0. The number of nitrogens with one attached hydrogen (secondary N) is 1. The van der Waals surface area contributed by atoms with Gasteiger partial charge < -0.3 is 10.1 Å². The first kappa shape index (κ1) is 13.0. The van der Waals surface area contributed by atoms with Crippen LogP contribution in [0.3, 0.4) is 0 Å². The van der Waals surface area contributed by atoms with Gasteiger partial charge in [-0.15, -0.1) is 0 Å². The van der Waals surface area contributed by atoms with Crippen LogP contribution in [0.5, 0.6) is 5.75 Å². The molecule has 1 unspecified atom stereocenters. The topological polar surface area (TPSA) is 21.3 Å². The second-order valence-electron chi connectivity index (χ2n) is 6.80. The molecule has 2 heteroatoms. The lowest BCUT2D eigenvalue weighted by Crippen LogP contribution is -2.44. The van der Waals surface area contributed by atoms with Crippen LogP contribution in [0.2, 0.25) is 0 Å². The maximum Gasteiger partial charge on any atom is 0.125 e. The second kappa shape index (κ2) is 4.82. The average molecular weight is 259 g/mol. The molecule has 1 aromatic rings. The molecule has 19 heavy (non-hydrogen) atoms. The van der Waals surface area contributed by atoms with Crippen molar-refractivity contribution in [3.05, 3.63) is 29.8 Å². The Kier molecular flexibility index (Phi) is 3.30. The predicted octanol–water partition coefficient (Wildman–Crippen LogP) is 4.07. The van der Waals surface area contributed by atoms with E-state index in [1.165, 1.54) is 31.2 Å². The van der Waals surface area contributed by atoms with Crippen molar-refractivity contribution in [2.45, 2.75) is 64.1 Å². The zero-order chi connectivity index (χ0) is 13.5. The third-order valence-electron chi connectivity index (χ3n) is 4.72. The third kappa shape index (κ3) is 2.51. The van der Waals surface area contributed by atoms with Gasteiger partial charge in [0.15, 0.2) is 0 Å². The molecule has 104 valence electrons. The summed E-state index contributed by atoms with van der Waals surface area (Å²) in [5.41, 5.74) is 1.18. The second-order valence-corrected chi connectivity index (χ2v) is 6.80. The van der Waals surface area contributed by atoms with Crippen LogP contribution in [0, 0.1) is 5.92 Å². The van der Waals surface area contributed by atoms with E-state index >= 15 is 0 Å². The summed E-state index contributed by atoms with van der Waals surface area (Å²) in [4.78, 5) is 0. The van der Waals surface area contributed by atoms with Crippen LogP contribution in [-0.4, -0.2) is 11.6 Å². The van der Waals surface area contributed by atoms with Gasteiger partial charge in [-0.2, -0.15) is 0 Å². The highest BCUT2D eigenvalue weighted by atomic mass is 16.5. The monoisotopic (exact) mass is 259 g/mol. The maximum atomic E-state index is 6.11. The molecule has 1 N–H and O–H groups in total. The van der Waals surface area contributed by atoms with E-state index in [2.05, 4.69) is 50.4 Å². The van der Waals surface area contributed by atoms with E-state index in [1.54, 1.807) is 0 Å². The molecule has 0 bridgehead atoms. The minimum Gasteiger partial charge on any atom is -0.486 e. The molecule has 1 saturated carbocycles. The lowest BCUT2D eigenvalue weighted by atomic mass is 9.85. The summed E-state index contributed by atoms with van der Waals surface area (Å²) in [5, 5.41) is 3.86. The first-order chi connectivity index (χ1) is 9.06. The van der Waals surface area contributed by atoms with E-state index in [1.807, 2.05) is 0 Å². The summed E-state index contributed by atoms with van der Waals surface area (Å²) in [5.74, 6) is 1.95. The molecule has 0 amide bonds. The van der Waals surface area contributed by atoms with Crippen molar-refractivity contribution in [3.63, 3.8) is 0 Å². The summed E-state index contributed by atoms with van der Waals surface area (Å²) in [6.07, 6.45) is 5.31. The molecule has 0 saturated heterocycles. The van der Waals surface area contributed by atoms with Crippen LogP contribution in [-0.2, 0) is 0 Å². The normalized spacial score (nSPS) is 32.7. The molecular formula is C17H25NO. The fourth-order valence-electron chi connectivity index (χ4n) is 3.48. The van der Waals surface area contributed by atoms with Gasteiger partial charge in [0.2, 0.25) is 0 Å². The Hall–Kier alpha value is -1.02. The zero-order valence-electron chi connectivity index (χ0n) is 12.3. The fourth-order valence-corrected chi connectivity index (χ4v) is 3.48. The van der Waals surface area contributed by atoms with Gasteiger partial charge in [-0.3, -0.25) is 0 Å². The number of hydrogen-bond donors (Lipinski definition) is 1. The SMILES string of the molecule is CC1CCC(NC2c3ccccc3OC2(C)C)CC1. The van der Waals surface area contributed by atoms with Gasteiger partial charge in [-0.25, -0.2) is 0 Å². The Morgan fingerprint density at radius 1 is 1.11 bits per heavy atom. The van der Waals surface area contributed by atoms with Gasteiger partial charge in [-0.05, 0) is 51.5 Å². The van der Waals surface area contributed by atoms with Crippen LogP contribution < -0.4 is 10.1 Å². The summed E-state index contributed by atoms with van der Waals surface area (Å²) in [6, 6.07) is 9.42. The number of fused-ring (bicyclic) bond motifs is 1. The van der Waals surface area contributed by atoms with E-state index in [-0.39, 0.29) is 5.60 Å². The molecule has 3 rings (SSSR count). The van der Waals surface area contributed by atoms with E-state index in [0.29, 0.717) is 12.1 Å². The first-order valence-electron chi connectivity index (χ1n) is 7.60. The largest absolute Gasteiger partial charge is 0.486 e. The zero-order valence-corrected chi connectivity index (χ0v) is 12.3. The number of rotatable bonds is 2. The van der Waals surface area contributed by atoms with Crippen LogP contribution in [0.15, 0.2) is 24.3 Å². The minimum absolute atomic E-state index is 0.146. The van der Waals surface area contributed by atoms with Gasteiger partial charge in [-0.1, -0.05) is 25.1 Å². The van der Waals surface area contributed by atoms with E-state index in [0.717, 1.165) is 11.7 Å². The quantitative estimate of drug-likeness (QED) is 0.864. The Labute approximate surface area is 116 Å². The van der Waals surface area contributed by atoms with Crippen molar-refractivity contribution < 1.29 is 4.74 Å².